The largest absolute Gasteiger partial charge is 0.371 e. The number of nitrogens with zero attached hydrogens (tertiary/aromatic N) is 3. The number of sulfonamides is 1. The van der Waals surface area contributed by atoms with E-state index in [-0.39, 0.29) is 0 Å². The highest BCUT2D eigenvalue weighted by Gasteiger charge is 2.23. The molecule has 0 unspecified atom stereocenters. The normalized spacial score (nSPS) is 15.2. The van der Waals surface area contributed by atoms with E-state index in [1.54, 1.807) is 26.2 Å². The molecule has 3 heterocycles. The molecule has 0 aliphatic carbocycles. The fourth-order valence-corrected chi connectivity index (χ4v) is 4.52. The summed E-state index contributed by atoms with van der Waals surface area (Å²) in [7, 11) is -0.390. The van der Waals surface area contributed by atoms with Crippen molar-refractivity contribution >= 4 is 26.7 Å². The van der Waals surface area contributed by atoms with Crippen molar-refractivity contribution in [3.8, 4) is 11.3 Å². The third-order valence-electron chi connectivity index (χ3n) is 5.09. The Labute approximate surface area is 159 Å². The molecule has 0 radical (unpaired) electrons. The van der Waals surface area contributed by atoms with Crippen LogP contribution in [0, 0.1) is 6.92 Å². The van der Waals surface area contributed by atoms with Gasteiger partial charge in [0.05, 0.1) is 21.6 Å². The summed E-state index contributed by atoms with van der Waals surface area (Å²) in [6.45, 7) is 3.99. The number of rotatable bonds is 4. The van der Waals surface area contributed by atoms with E-state index in [1.165, 1.54) is 4.31 Å². The standard InChI is InChI=1S/C20H24N4O2S/c1-14-10-19-18(21-13-14)12-17(22-19)16-11-15(27(25,26)23(2)3)6-7-20(16)24-8-4-5-9-24/h6-7,10-13,22H,4-5,8-9H2,1-3H3. The van der Waals surface area contributed by atoms with E-state index >= 15 is 0 Å². The van der Waals surface area contributed by atoms with Crippen LogP contribution in [0.4, 0.5) is 5.69 Å². The van der Waals surface area contributed by atoms with Crippen molar-refractivity contribution in [1.29, 1.82) is 0 Å². The molecular weight excluding hydrogens is 360 g/mol. The van der Waals surface area contributed by atoms with Gasteiger partial charge in [0.2, 0.25) is 10.0 Å². The van der Waals surface area contributed by atoms with Gasteiger partial charge in [-0.1, -0.05) is 0 Å². The molecule has 1 aliphatic rings. The first-order chi connectivity index (χ1) is 12.9. The predicted octanol–water partition coefficient (Wildman–Crippen LogP) is 3.39. The van der Waals surface area contributed by atoms with Gasteiger partial charge in [0.1, 0.15) is 0 Å². The number of aromatic nitrogens is 2. The van der Waals surface area contributed by atoms with Gasteiger partial charge in [-0.25, -0.2) is 12.7 Å². The summed E-state index contributed by atoms with van der Waals surface area (Å²) in [5.74, 6) is 0. The van der Waals surface area contributed by atoms with E-state index in [4.69, 9.17) is 0 Å². The van der Waals surface area contributed by atoms with Gasteiger partial charge in [-0.2, -0.15) is 0 Å². The molecule has 0 bridgehead atoms. The van der Waals surface area contributed by atoms with Gasteiger partial charge in [0.15, 0.2) is 0 Å². The summed E-state index contributed by atoms with van der Waals surface area (Å²) < 4.78 is 26.6. The number of benzene rings is 1. The van der Waals surface area contributed by atoms with Crippen molar-refractivity contribution < 1.29 is 8.42 Å². The molecule has 27 heavy (non-hydrogen) atoms. The van der Waals surface area contributed by atoms with E-state index in [1.807, 2.05) is 25.3 Å². The van der Waals surface area contributed by atoms with Crippen LogP contribution >= 0.6 is 0 Å². The molecule has 7 heteroatoms. The Morgan fingerprint density at radius 2 is 1.85 bits per heavy atom. The van der Waals surface area contributed by atoms with Gasteiger partial charge in [-0.15, -0.1) is 0 Å². The van der Waals surface area contributed by atoms with Crippen LogP contribution in [0.15, 0.2) is 41.4 Å². The third-order valence-corrected chi connectivity index (χ3v) is 6.90. The number of nitrogens with one attached hydrogen (secondary N) is 1. The second kappa shape index (κ2) is 6.65. The van der Waals surface area contributed by atoms with Gasteiger partial charge in [0, 0.05) is 44.6 Å². The minimum atomic E-state index is -3.50. The molecule has 1 saturated heterocycles. The van der Waals surface area contributed by atoms with Crippen LogP contribution < -0.4 is 4.90 Å². The molecule has 142 valence electrons. The molecule has 0 atom stereocenters. The Hall–Kier alpha value is -2.38. The summed E-state index contributed by atoms with van der Waals surface area (Å²) >= 11 is 0. The first-order valence-electron chi connectivity index (χ1n) is 9.13. The quantitative estimate of drug-likeness (QED) is 0.749. The minimum Gasteiger partial charge on any atom is -0.371 e. The Kier molecular flexibility index (Phi) is 4.44. The van der Waals surface area contributed by atoms with E-state index in [0.717, 1.165) is 59.5 Å². The highest BCUT2D eigenvalue weighted by Crippen LogP contribution is 2.36. The van der Waals surface area contributed by atoms with E-state index in [2.05, 4.69) is 20.9 Å². The van der Waals surface area contributed by atoms with Crippen LogP contribution in [-0.4, -0.2) is 49.9 Å². The zero-order valence-corrected chi connectivity index (χ0v) is 16.7. The van der Waals surface area contributed by atoms with Crippen LogP contribution in [0.5, 0.6) is 0 Å². The number of anilines is 1. The van der Waals surface area contributed by atoms with Crippen molar-refractivity contribution in [2.45, 2.75) is 24.7 Å². The maximum atomic E-state index is 12.7. The summed E-state index contributed by atoms with van der Waals surface area (Å²) in [4.78, 5) is 10.5. The summed E-state index contributed by atoms with van der Waals surface area (Å²) in [5, 5.41) is 0. The van der Waals surface area contributed by atoms with Crippen LogP contribution in [0.2, 0.25) is 0 Å². The number of aromatic amines is 1. The van der Waals surface area contributed by atoms with Crippen LogP contribution in [0.3, 0.4) is 0 Å². The lowest BCUT2D eigenvalue weighted by Crippen LogP contribution is -2.23. The van der Waals surface area contributed by atoms with Crippen LogP contribution in [-0.2, 0) is 10.0 Å². The highest BCUT2D eigenvalue weighted by atomic mass is 32.2. The lowest BCUT2D eigenvalue weighted by molar-refractivity contribution is 0.521. The predicted molar refractivity (Wildman–Crippen MR) is 109 cm³/mol. The smallest absolute Gasteiger partial charge is 0.242 e. The van der Waals surface area contributed by atoms with E-state index < -0.39 is 10.0 Å². The lowest BCUT2D eigenvalue weighted by Gasteiger charge is -2.22. The van der Waals surface area contributed by atoms with Crippen molar-refractivity contribution in [1.82, 2.24) is 14.3 Å². The Morgan fingerprint density at radius 3 is 2.56 bits per heavy atom. The zero-order chi connectivity index (χ0) is 19.2. The summed E-state index contributed by atoms with van der Waals surface area (Å²) in [6, 6.07) is 9.47. The number of fused-ring (bicyclic) bond motifs is 1. The summed E-state index contributed by atoms with van der Waals surface area (Å²) in [5.41, 5.74) is 5.77. The number of hydrogen-bond donors (Lipinski definition) is 1. The second-order valence-corrected chi connectivity index (χ2v) is 9.44. The van der Waals surface area contributed by atoms with Crippen LogP contribution in [0.25, 0.3) is 22.3 Å². The van der Waals surface area contributed by atoms with Crippen molar-refractivity contribution in [3.63, 3.8) is 0 Å². The van der Waals surface area contributed by atoms with Gasteiger partial charge in [-0.05, 0) is 55.7 Å². The van der Waals surface area contributed by atoms with E-state index in [9.17, 15) is 8.42 Å². The first-order valence-corrected chi connectivity index (χ1v) is 10.6. The highest BCUT2D eigenvalue weighted by molar-refractivity contribution is 7.89. The van der Waals surface area contributed by atoms with Gasteiger partial charge < -0.3 is 9.88 Å². The summed E-state index contributed by atoms with van der Waals surface area (Å²) in [6.07, 6.45) is 4.16. The molecule has 0 saturated carbocycles. The Morgan fingerprint density at radius 1 is 1.11 bits per heavy atom. The Balaban J connectivity index is 1.91. The molecular formula is C20H24N4O2S. The fraction of sp³-hybridized carbons (Fsp3) is 0.350. The molecule has 1 N–H and O–H groups in total. The van der Waals surface area contributed by atoms with E-state index in [0.29, 0.717) is 4.90 Å². The number of pyridine rings is 1. The zero-order valence-electron chi connectivity index (χ0n) is 15.9. The molecule has 0 spiro atoms. The van der Waals surface area contributed by atoms with Crippen LogP contribution in [0.1, 0.15) is 18.4 Å². The number of hydrogen-bond acceptors (Lipinski definition) is 4. The fourth-order valence-electron chi connectivity index (χ4n) is 3.59. The maximum Gasteiger partial charge on any atom is 0.242 e. The molecule has 0 amide bonds. The van der Waals surface area contributed by atoms with Gasteiger partial charge >= 0.3 is 0 Å². The molecule has 3 aromatic rings. The molecule has 1 fully saturated rings. The second-order valence-electron chi connectivity index (χ2n) is 7.29. The molecule has 4 rings (SSSR count). The molecule has 1 aliphatic heterocycles. The van der Waals surface area contributed by atoms with Crippen molar-refractivity contribution in [3.05, 3.63) is 42.1 Å². The van der Waals surface area contributed by atoms with Gasteiger partial charge in [0.25, 0.3) is 0 Å². The number of aryl methyl sites for hydroxylation is 1. The lowest BCUT2D eigenvalue weighted by atomic mass is 10.1. The molecule has 1 aromatic carbocycles. The minimum absolute atomic E-state index is 0.299. The van der Waals surface area contributed by atoms with Gasteiger partial charge in [-0.3, -0.25) is 4.98 Å². The maximum absolute atomic E-state index is 12.7. The monoisotopic (exact) mass is 384 g/mol. The topological polar surface area (TPSA) is 69.3 Å². The van der Waals surface area contributed by atoms with Crippen molar-refractivity contribution in [2.75, 3.05) is 32.1 Å². The first kappa shape index (κ1) is 18.0. The third kappa shape index (κ3) is 3.21. The SMILES string of the molecule is Cc1cnc2cc(-c3cc(S(=O)(=O)N(C)C)ccc3N3CCCC3)[nH]c2c1. The Bertz CT molecular complexity index is 1100. The van der Waals surface area contributed by atoms with Crippen molar-refractivity contribution in [2.24, 2.45) is 0 Å². The average molecular weight is 385 g/mol. The molecule has 6 nitrogen and oxygen atoms in total. The average Bonchev–Trinajstić information content (AvgIpc) is 3.30. The molecule has 2 aromatic heterocycles. The number of H-pyrrole nitrogens is 1.